The molecule has 1 aromatic rings. The van der Waals surface area contributed by atoms with Crippen molar-refractivity contribution < 1.29 is 24.2 Å². The van der Waals surface area contributed by atoms with Gasteiger partial charge in [-0.25, -0.2) is 0 Å². The molecular formula is C20H27NO4. The first-order valence-corrected chi connectivity index (χ1v) is 8.74. The monoisotopic (exact) mass is 348 g/mol. The summed E-state index contributed by atoms with van der Waals surface area (Å²) in [6.45, 7) is 0.738. The normalized spacial score (nSPS) is 23.3. The number of likely N-dealkylation sites (tertiary alicyclic amines) is 1. The number of phenols is 1. The van der Waals surface area contributed by atoms with Gasteiger partial charge >= 0.3 is 0 Å². The largest absolute Gasteiger partial charge is 0.505 e. The van der Waals surface area contributed by atoms with Gasteiger partial charge in [0.1, 0.15) is 6.26 Å². The zero-order valence-corrected chi connectivity index (χ0v) is 14.4. The number of hydrogen-bond acceptors (Lipinski definition) is 5. The maximum atomic E-state index is 10.7. The summed E-state index contributed by atoms with van der Waals surface area (Å²) in [4.78, 5) is 1.62. The molecule has 3 N–H and O–H groups in total. The number of ether oxygens (including phenoxy) is 1. The third kappa shape index (κ3) is 4.17. The van der Waals surface area contributed by atoms with Gasteiger partial charge in [0.25, 0.3) is 0 Å². The van der Waals surface area contributed by atoms with Crippen LogP contribution in [-0.2, 0) is 6.50 Å². The third-order valence-corrected chi connectivity index (χ3v) is 4.64. The first kappa shape index (κ1) is 14.2. The first-order chi connectivity index (χ1) is 13.2. The second-order valence-electron chi connectivity index (χ2n) is 6.49. The SMILES string of the molecule is [2H]C(O)(CCC)C1CCN(C([2H])([2H])c2ccc3c(c2O)OC=C(O)C=C3)CC1. The minimum Gasteiger partial charge on any atom is -0.505 e. The van der Waals surface area contributed by atoms with Crippen LogP contribution in [0, 0.1) is 5.92 Å². The van der Waals surface area contributed by atoms with Crippen molar-refractivity contribution in [2.45, 2.75) is 45.2 Å². The highest BCUT2D eigenvalue weighted by Crippen LogP contribution is 2.37. The van der Waals surface area contributed by atoms with E-state index in [0.717, 1.165) is 12.7 Å². The lowest BCUT2D eigenvalue weighted by Crippen LogP contribution is -2.37. The molecule has 1 atom stereocenters. The molecule has 0 amide bonds. The number of benzene rings is 1. The Morgan fingerprint density at radius 3 is 2.80 bits per heavy atom. The third-order valence-electron chi connectivity index (χ3n) is 4.64. The minimum atomic E-state index is -1.94. The highest BCUT2D eigenvalue weighted by molar-refractivity contribution is 5.66. The quantitative estimate of drug-likeness (QED) is 0.759. The van der Waals surface area contributed by atoms with E-state index in [0.29, 0.717) is 37.9 Å². The molecule has 1 fully saturated rings. The summed E-state index contributed by atoms with van der Waals surface area (Å²) in [6, 6.07) is 3.16. The van der Waals surface area contributed by atoms with Crippen molar-refractivity contribution in [1.29, 1.82) is 0 Å². The van der Waals surface area contributed by atoms with E-state index in [9.17, 15) is 15.3 Å². The molecule has 1 aromatic carbocycles. The molecule has 2 aliphatic heterocycles. The summed E-state index contributed by atoms with van der Waals surface area (Å²) in [6.07, 6.45) is 4.79. The smallest absolute Gasteiger partial charge is 0.175 e. The number of piperidine rings is 1. The van der Waals surface area contributed by atoms with Crippen molar-refractivity contribution in [1.82, 2.24) is 4.90 Å². The van der Waals surface area contributed by atoms with Crippen LogP contribution >= 0.6 is 0 Å². The fourth-order valence-corrected chi connectivity index (χ4v) is 3.22. The molecule has 25 heavy (non-hydrogen) atoms. The lowest BCUT2D eigenvalue weighted by atomic mass is 9.89. The highest BCUT2D eigenvalue weighted by Gasteiger charge is 2.25. The van der Waals surface area contributed by atoms with E-state index in [1.54, 1.807) is 17.0 Å². The molecule has 0 aromatic heterocycles. The van der Waals surface area contributed by atoms with Gasteiger partial charge in [-0.15, -0.1) is 0 Å². The molecule has 0 radical (unpaired) electrons. The van der Waals surface area contributed by atoms with E-state index in [-0.39, 0.29) is 28.7 Å². The highest BCUT2D eigenvalue weighted by atomic mass is 16.5. The van der Waals surface area contributed by atoms with Crippen LogP contribution < -0.4 is 4.74 Å². The van der Waals surface area contributed by atoms with Crippen molar-refractivity contribution >= 4 is 6.08 Å². The number of fused-ring (bicyclic) bond motifs is 1. The van der Waals surface area contributed by atoms with Gasteiger partial charge < -0.3 is 20.1 Å². The van der Waals surface area contributed by atoms with E-state index < -0.39 is 12.6 Å². The summed E-state index contributed by atoms with van der Waals surface area (Å²) >= 11 is 0. The predicted octanol–water partition coefficient (Wildman–Crippen LogP) is 3.57. The van der Waals surface area contributed by atoms with Crippen molar-refractivity contribution in [3.05, 3.63) is 41.4 Å². The summed E-state index contributed by atoms with van der Waals surface area (Å²) in [7, 11) is 0. The van der Waals surface area contributed by atoms with Gasteiger partial charge in [0, 0.05) is 20.4 Å². The number of hydrogen-bond donors (Lipinski definition) is 3. The fourth-order valence-electron chi connectivity index (χ4n) is 3.22. The van der Waals surface area contributed by atoms with E-state index in [2.05, 4.69) is 0 Å². The second-order valence-corrected chi connectivity index (χ2v) is 6.49. The Morgan fingerprint density at radius 1 is 1.32 bits per heavy atom. The van der Waals surface area contributed by atoms with Crippen LogP contribution in [0.25, 0.3) is 6.08 Å². The molecular weight excluding hydrogens is 318 g/mol. The Bertz CT molecular complexity index is 784. The van der Waals surface area contributed by atoms with Crippen LogP contribution in [0.1, 0.15) is 47.8 Å². The van der Waals surface area contributed by atoms with Crippen LogP contribution in [-0.4, -0.2) is 39.4 Å². The lowest BCUT2D eigenvalue weighted by Gasteiger charge is -2.34. The lowest BCUT2D eigenvalue weighted by molar-refractivity contribution is 0.0510. The molecule has 0 aliphatic carbocycles. The number of rotatable bonds is 5. The van der Waals surface area contributed by atoms with Crippen LogP contribution in [0.15, 0.2) is 30.2 Å². The molecule has 0 saturated carbocycles. The summed E-state index contributed by atoms with van der Waals surface area (Å²) in [5.41, 5.74) is 0.623. The Hall–Kier alpha value is -1.98. The summed E-state index contributed by atoms with van der Waals surface area (Å²) in [5, 5.41) is 30.6. The molecule has 0 spiro atoms. The minimum absolute atomic E-state index is 0.0857. The fraction of sp³-hybridized carbons (Fsp3) is 0.500. The van der Waals surface area contributed by atoms with E-state index >= 15 is 0 Å². The molecule has 2 aliphatic rings. The number of aliphatic hydroxyl groups excluding tert-OH is 1. The van der Waals surface area contributed by atoms with Gasteiger partial charge in [-0.3, -0.25) is 4.90 Å². The second kappa shape index (κ2) is 7.93. The average molecular weight is 348 g/mol. The maximum absolute atomic E-state index is 10.7. The molecule has 0 bridgehead atoms. The number of nitrogens with zero attached hydrogens (tertiary/aromatic N) is 1. The first-order valence-electron chi connectivity index (χ1n) is 10.2. The Morgan fingerprint density at radius 2 is 2.08 bits per heavy atom. The molecule has 3 rings (SSSR count). The zero-order chi connectivity index (χ0) is 20.5. The van der Waals surface area contributed by atoms with Crippen LogP contribution in [0.4, 0.5) is 0 Å². The maximum Gasteiger partial charge on any atom is 0.175 e. The van der Waals surface area contributed by atoms with Crippen molar-refractivity contribution in [3.8, 4) is 11.5 Å². The molecule has 2 heterocycles. The van der Waals surface area contributed by atoms with E-state index in [4.69, 9.17) is 8.85 Å². The van der Waals surface area contributed by atoms with Gasteiger partial charge in [-0.2, -0.15) is 0 Å². The summed E-state index contributed by atoms with van der Waals surface area (Å²) < 4.78 is 30.7. The van der Waals surface area contributed by atoms with Gasteiger partial charge in [0.2, 0.25) is 0 Å². The van der Waals surface area contributed by atoms with Crippen LogP contribution in [0.3, 0.4) is 0 Å². The van der Waals surface area contributed by atoms with Crippen LogP contribution in [0.5, 0.6) is 11.5 Å². The number of allylic oxidation sites excluding steroid dienone is 1. The molecule has 136 valence electrons. The topological polar surface area (TPSA) is 73.2 Å². The molecule has 5 nitrogen and oxygen atoms in total. The van der Waals surface area contributed by atoms with Crippen molar-refractivity contribution in [3.63, 3.8) is 0 Å². The zero-order valence-electron chi connectivity index (χ0n) is 17.4. The van der Waals surface area contributed by atoms with Crippen molar-refractivity contribution in [2.75, 3.05) is 13.1 Å². The molecule has 1 unspecified atom stereocenters. The number of phenolic OH excluding ortho intramolecular Hbond substituents is 1. The van der Waals surface area contributed by atoms with Gasteiger partial charge in [0.15, 0.2) is 17.3 Å². The number of aromatic hydroxyl groups is 1. The number of aliphatic hydroxyl groups is 2. The van der Waals surface area contributed by atoms with E-state index in [1.807, 2.05) is 6.92 Å². The van der Waals surface area contributed by atoms with Gasteiger partial charge in [0.05, 0.1) is 7.45 Å². The Kier molecular flexibility index (Phi) is 4.51. The van der Waals surface area contributed by atoms with Gasteiger partial charge in [-0.1, -0.05) is 25.5 Å². The van der Waals surface area contributed by atoms with Crippen molar-refractivity contribution in [2.24, 2.45) is 5.92 Å². The predicted molar refractivity (Wildman–Crippen MR) is 97.4 cm³/mol. The standard InChI is InChI=1S/C20H27NO4/c1-2-3-18(23)14-8-10-21(11-9-14)12-16-5-4-15-6-7-17(22)13-25-20(15)19(16)24/h4-7,13-14,18,22-24H,2-3,8-12H2,1H3/i12D2,18D. The molecule has 1 saturated heterocycles. The molecule has 5 heteroatoms. The Labute approximate surface area is 153 Å². The Balaban J connectivity index is 1.80. The van der Waals surface area contributed by atoms with Crippen LogP contribution in [0.2, 0.25) is 0 Å². The van der Waals surface area contributed by atoms with E-state index in [1.165, 1.54) is 12.1 Å². The summed E-state index contributed by atoms with van der Waals surface area (Å²) in [5.74, 6) is -0.498. The average Bonchev–Trinajstić information content (AvgIpc) is 2.84. The van der Waals surface area contributed by atoms with Gasteiger partial charge in [-0.05, 0) is 50.4 Å².